The van der Waals surface area contributed by atoms with Gasteiger partial charge >= 0.3 is 5.97 Å². The van der Waals surface area contributed by atoms with Crippen LogP contribution >= 0.6 is 22.9 Å². The number of methoxy groups -OCH3 is 1. The molecule has 140 valence electrons. The molecule has 3 rings (SSSR count). The van der Waals surface area contributed by atoms with Crippen LogP contribution in [0.1, 0.15) is 25.7 Å². The van der Waals surface area contributed by atoms with Gasteiger partial charge in [-0.25, -0.2) is 9.48 Å². The summed E-state index contributed by atoms with van der Waals surface area (Å²) in [6.45, 7) is 1.89. The van der Waals surface area contributed by atoms with Crippen molar-refractivity contribution in [3.8, 4) is 5.75 Å². The number of aryl methyl sites for hydroxylation is 1. The molecule has 9 heteroatoms. The number of nitrogens with zero attached hydrogens (tertiary/aromatic N) is 2. The van der Waals surface area contributed by atoms with Crippen molar-refractivity contribution in [1.29, 1.82) is 0 Å². The van der Waals surface area contributed by atoms with E-state index >= 15 is 0 Å². The molecule has 0 bridgehead atoms. The highest BCUT2D eigenvalue weighted by molar-refractivity contribution is 7.16. The maximum Gasteiger partial charge on any atom is 0.340 e. The molecule has 2 heterocycles. The Balaban J connectivity index is 1.72. The first-order chi connectivity index (χ1) is 13.0. The number of carbonyl (C=O) groups is 2. The van der Waals surface area contributed by atoms with E-state index in [9.17, 15) is 9.59 Å². The van der Waals surface area contributed by atoms with Gasteiger partial charge in [0.15, 0.2) is 6.73 Å². The van der Waals surface area contributed by atoms with Gasteiger partial charge in [-0.1, -0.05) is 11.6 Å². The molecule has 2 aromatic heterocycles. The van der Waals surface area contributed by atoms with Crippen molar-refractivity contribution < 1.29 is 19.1 Å². The Morgan fingerprint density at radius 3 is 2.70 bits per heavy atom. The number of rotatable bonds is 6. The number of esters is 1. The van der Waals surface area contributed by atoms with Crippen molar-refractivity contribution >= 4 is 39.8 Å². The average molecular weight is 406 g/mol. The van der Waals surface area contributed by atoms with Crippen LogP contribution in [0.5, 0.6) is 5.75 Å². The lowest BCUT2D eigenvalue weighted by Gasteiger charge is -2.10. The molecule has 0 aliphatic heterocycles. The average Bonchev–Trinajstić information content (AvgIpc) is 3.27. The summed E-state index contributed by atoms with van der Waals surface area (Å²) in [7, 11) is 1.30. The monoisotopic (exact) mass is 405 g/mol. The number of nitrogens with one attached hydrogen (secondary N) is 1. The van der Waals surface area contributed by atoms with Crippen LogP contribution in [0, 0.1) is 6.92 Å². The number of aromatic nitrogens is 2. The van der Waals surface area contributed by atoms with Crippen LogP contribution < -0.4 is 10.1 Å². The lowest BCUT2D eigenvalue weighted by Crippen LogP contribution is -2.20. The van der Waals surface area contributed by atoms with Gasteiger partial charge in [-0.05, 0) is 43.3 Å². The quantitative estimate of drug-likeness (QED) is 0.627. The van der Waals surface area contributed by atoms with E-state index in [0.717, 1.165) is 4.88 Å². The van der Waals surface area contributed by atoms with E-state index in [4.69, 9.17) is 21.1 Å². The second kappa shape index (κ2) is 8.24. The maximum absolute atomic E-state index is 12.6. The van der Waals surface area contributed by atoms with Crippen LogP contribution in [0.2, 0.25) is 5.02 Å². The molecule has 0 aliphatic rings. The first-order valence-electron chi connectivity index (χ1n) is 7.88. The van der Waals surface area contributed by atoms with E-state index < -0.39 is 11.9 Å². The molecule has 0 spiro atoms. The molecule has 1 aromatic carbocycles. The molecule has 0 saturated carbocycles. The minimum atomic E-state index is -0.505. The number of hydrogen-bond acceptors (Lipinski definition) is 6. The molecule has 27 heavy (non-hydrogen) atoms. The Kier molecular flexibility index (Phi) is 5.78. The lowest BCUT2D eigenvalue weighted by molar-refractivity contribution is 0.0602. The fourth-order valence-corrected chi connectivity index (χ4v) is 3.35. The van der Waals surface area contributed by atoms with Gasteiger partial charge in [0, 0.05) is 16.1 Å². The Labute approximate surface area is 164 Å². The maximum atomic E-state index is 12.6. The van der Waals surface area contributed by atoms with E-state index in [2.05, 4.69) is 10.4 Å². The molecule has 0 atom stereocenters. The number of benzene rings is 1. The molecular formula is C18H16ClN3O4S. The molecular weight excluding hydrogens is 390 g/mol. The number of anilines is 1. The van der Waals surface area contributed by atoms with Crippen molar-refractivity contribution in [2.75, 3.05) is 12.4 Å². The van der Waals surface area contributed by atoms with Gasteiger partial charge in [-0.2, -0.15) is 5.10 Å². The number of carbonyl (C=O) groups excluding carboxylic acids is 2. The molecule has 0 fully saturated rings. The van der Waals surface area contributed by atoms with Crippen LogP contribution in [-0.4, -0.2) is 28.8 Å². The van der Waals surface area contributed by atoms with Gasteiger partial charge in [-0.15, -0.1) is 11.3 Å². The highest BCUT2D eigenvalue weighted by atomic mass is 35.5. The largest absolute Gasteiger partial charge is 0.471 e. The summed E-state index contributed by atoms with van der Waals surface area (Å²) in [4.78, 5) is 25.4. The van der Waals surface area contributed by atoms with Gasteiger partial charge in [0.1, 0.15) is 16.4 Å². The fourth-order valence-electron chi connectivity index (χ4n) is 2.33. The molecule has 7 nitrogen and oxygen atoms in total. The van der Waals surface area contributed by atoms with Crippen molar-refractivity contribution in [3.05, 3.63) is 63.8 Å². The van der Waals surface area contributed by atoms with Crippen LogP contribution in [0.15, 0.2) is 42.6 Å². The highest BCUT2D eigenvalue weighted by Gasteiger charge is 2.20. The zero-order valence-corrected chi connectivity index (χ0v) is 16.1. The number of ether oxygens (including phenoxy) is 2. The second-order valence-electron chi connectivity index (χ2n) is 5.49. The SMILES string of the molecule is COC(=O)c1cc(C)sc1NC(=O)c1ccnn1COc1ccc(Cl)cc1. The minimum Gasteiger partial charge on any atom is -0.471 e. The molecule has 0 radical (unpaired) electrons. The van der Waals surface area contributed by atoms with E-state index in [-0.39, 0.29) is 6.73 Å². The molecule has 3 aromatic rings. The summed E-state index contributed by atoms with van der Waals surface area (Å²) >= 11 is 7.14. The van der Waals surface area contributed by atoms with E-state index in [1.54, 1.807) is 36.4 Å². The summed E-state index contributed by atoms with van der Waals surface area (Å²) in [5, 5.41) is 7.88. The van der Waals surface area contributed by atoms with Gasteiger partial charge in [0.25, 0.3) is 5.91 Å². The summed E-state index contributed by atoms with van der Waals surface area (Å²) in [6, 6.07) is 10.1. The number of amides is 1. The fraction of sp³-hybridized carbons (Fsp3) is 0.167. The first kappa shape index (κ1) is 18.9. The standard InChI is InChI=1S/C18H16ClN3O4S/c1-11-9-14(18(24)25-2)17(27-11)21-16(23)15-7-8-20-22(15)10-26-13-5-3-12(19)4-6-13/h3-9H,10H2,1-2H3,(H,21,23). The van der Waals surface area contributed by atoms with Crippen molar-refractivity contribution in [1.82, 2.24) is 9.78 Å². The Hall–Kier alpha value is -2.84. The molecule has 1 N–H and O–H groups in total. The van der Waals surface area contributed by atoms with Gasteiger partial charge < -0.3 is 14.8 Å². The zero-order valence-electron chi connectivity index (χ0n) is 14.6. The summed E-state index contributed by atoms with van der Waals surface area (Å²) in [5.74, 6) is -0.309. The Bertz CT molecular complexity index is 965. The summed E-state index contributed by atoms with van der Waals surface area (Å²) in [6.07, 6.45) is 1.50. The van der Waals surface area contributed by atoms with Crippen LogP contribution in [-0.2, 0) is 11.5 Å². The molecule has 0 aliphatic carbocycles. The predicted molar refractivity (Wildman–Crippen MR) is 103 cm³/mol. The topological polar surface area (TPSA) is 82.5 Å². The summed E-state index contributed by atoms with van der Waals surface area (Å²) in [5.41, 5.74) is 0.614. The number of halogens is 1. The molecule has 0 unspecified atom stereocenters. The normalized spacial score (nSPS) is 10.5. The number of thiophene rings is 1. The van der Waals surface area contributed by atoms with Gasteiger partial charge in [0.2, 0.25) is 0 Å². The van der Waals surface area contributed by atoms with E-state index in [0.29, 0.717) is 27.0 Å². The lowest BCUT2D eigenvalue weighted by atomic mass is 10.3. The highest BCUT2D eigenvalue weighted by Crippen LogP contribution is 2.28. The number of hydrogen-bond donors (Lipinski definition) is 1. The third-order valence-electron chi connectivity index (χ3n) is 3.60. The molecule has 0 saturated heterocycles. The van der Waals surface area contributed by atoms with Crippen molar-refractivity contribution in [3.63, 3.8) is 0 Å². The Morgan fingerprint density at radius 2 is 2.00 bits per heavy atom. The van der Waals surface area contributed by atoms with E-state index in [1.807, 2.05) is 6.92 Å². The predicted octanol–water partition coefficient (Wildman–Crippen LogP) is 3.98. The van der Waals surface area contributed by atoms with Crippen LogP contribution in [0.4, 0.5) is 5.00 Å². The van der Waals surface area contributed by atoms with Crippen molar-refractivity contribution in [2.45, 2.75) is 13.7 Å². The Morgan fingerprint density at radius 1 is 1.26 bits per heavy atom. The molecule has 1 amide bonds. The smallest absolute Gasteiger partial charge is 0.340 e. The minimum absolute atomic E-state index is 0.0463. The third kappa shape index (κ3) is 4.47. The zero-order chi connectivity index (χ0) is 19.4. The second-order valence-corrected chi connectivity index (χ2v) is 7.18. The van der Waals surface area contributed by atoms with Crippen LogP contribution in [0.3, 0.4) is 0 Å². The van der Waals surface area contributed by atoms with Gasteiger partial charge in [0.05, 0.1) is 12.7 Å². The third-order valence-corrected chi connectivity index (χ3v) is 4.82. The van der Waals surface area contributed by atoms with Crippen molar-refractivity contribution in [2.24, 2.45) is 0 Å². The summed E-state index contributed by atoms with van der Waals surface area (Å²) < 4.78 is 11.8. The first-order valence-corrected chi connectivity index (χ1v) is 9.07. The van der Waals surface area contributed by atoms with Gasteiger partial charge in [-0.3, -0.25) is 4.79 Å². The van der Waals surface area contributed by atoms with E-state index in [1.165, 1.54) is 29.3 Å². The van der Waals surface area contributed by atoms with Crippen LogP contribution in [0.25, 0.3) is 0 Å².